The van der Waals surface area contributed by atoms with Gasteiger partial charge in [-0.25, -0.2) is 0 Å². The molecule has 6 nitrogen and oxygen atoms in total. The summed E-state index contributed by atoms with van der Waals surface area (Å²) in [6, 6.07) is 11.9. The SMILES string of the molecule is O=C(Nc1nnc(SCc2ccccc2)s1)c1cc(C2CC2)on1. The number of thioether (sulfide) groups is 1. The molecule has 1 N–H and O–H groups in total. The van der Waals surface area contributed by atoms with Crippen molar-refractivity contribution in [3.05, 3.63) is 53.4 Å². The monoisotopic (exact) mass is 358 g/mol. The molecule has 0 bridgehead atoms. The lowest BCUT2D eigenvalue weighted by atomic mass is 10.2. The van der Waals surface area contributed by atoms with Gasteiger partial charge in [0.1, 0.15) is 5.76 Å². The van der Waals surface area contributed by atoms with Crippen molar-refractivity contribution in [3.63, 3.8) is 0 Å². The van der Waals surface area contributed by atoms with E-state index >= 15 is 0 Å². The standard InChI is InChI=1S/C16H14N4O2S2/c21-14(12-8-13(22-20-12)11-6-7-11)17-15-18-19-16(24-15)23-9-10-4-2-1-3-5-10/h1-5,8,11H,6-7,9H2,(H,17,18,21). The van der Waals surface area contributed by atoms with E-state index in [-0.39, 0.29) is 11.6 Å². The summed E-state index contributed by atoms with van der Waals surface area (Å²) in [6.45, 7) is 0. The Labute approximate surface area is 146 Å². The third-order valence-electron chi connectivity index (χ3n) is 3.57. The Hall–Kier alpha value is -2.19. The maximum absolute atomic E-state index is 12.2. The molecule has 24 heavy (non-hydrogen) atoms. The number of rotatable bonds is 6. The average molecular weight is 358 g/mol. The maximum atomic E-state index is 12.2. The molecule has 1 amide bonds. The summed E-state index contributed by atoms with van der Waals surface area (Å²) in [7, 11) is 0. The fourth-order valence-electron chi connectivity index (χ4n) is 2.16. The van der Waals surface area contributed by atoms with Gasteiger partial charge in [0, 0.05) is 17.7 Å². The fourth-order valence-corrected chi connectivity index (χ4v) is 3.86. The number of carbonyl (C=O) groups is 1. The summed E-state index contributed by atoms with van der Waals surface area (Å²) < 4.78 is 6.01. The predicted molar refractivity (Wildman–Crippen MR) is 92.3 cm³/mol. The van der Waals surface area contributed by atoms with Gasteiger partial charge in [-0.2, -0.15) is 0 Å². The normalized spacial score (nSPS) is 13.8. The zero-order chi connectivity index (χ0) is 16.4. The molecule has 0 radical (unpaired) electrons. The molecule has 1 saturated carbocycles. The summed E-state index contributed by atoms with van der Waals surface area (Å²) in [6.07, 6.45) is 2.21. The maximum Gasteiger partial charge on any atom is 0.279 e. The minimum Gasteiger partial charge on any atom is -0.360 e. The smallest absolute Gasteiger partial charge is 0.279 e. The van der Waals surface area contributed by atoms with Gasteiger partial charge in [-0.3, -0.25) is 10.1 Å². The lowest BCUT2D eigenvalue weighted by Crippen LogP contribution is -2.11. The highest BCUT2D eigenvalue weighted by molar-refractivity contribution is 8.00. The van der Waals surface area contributed by atoms with E-state index in [9.17, 15) is 4.79 Å². The van der Waals surface area contributed by atoms with Gasteiger partial charge in [0.05, 0.1) is 0 Å². The van der Waals surface area contributed by atoms with E-state index in [1.807, 2.05) is 18.2 Å². The Bertz CT molecular complexity index is 843. The van der Waals surface area contributed by atoms with Crippen LogP contribution in [-0.2, 0) is 5.75 Å². The lowest BCUT2D eigenvalue weighted by molar-refractivity contribution is 0.101. The Morgan fingerprint density at radius 1 is 1.29 bits per heavy atom. The summed E-state index contributed by atoms with van der Waals surface area (Å²) in [5.74, 6) is 1.72. The van der Waals surface area contributed by atoms with Gasteiger partial charge in [0.25, 0.3) is 5.91 Å². The van der Waals surface area contributed by atoms with Crippen LogP contribution >= 0.6 is 23.1 Å². The third kappa shape index (κ3) is 3.65. The fraction of sp³-hybridized carbons (Fsp3) is 0.250. The van der Waals surface area contributed by atoms with Crippen LogP contribution in [0.15, 0.2) is 45.3 Å². The lowest BCUT2D eigenvalue weighted by Gasteiger charge is -1.97. The Morgan fingerprint density at radius 3 is 2.92 bits per heavy atom. The molecular formula is C16H14N4O2S2. The largest absolute Gasteiger partial charge is 0.360 e. The van der Waals surface area contributed by atoms with Crippen molar-refractivity contribution in [3.8, 4) is 0 Å². The number of nitrogens with one attached hydrogen (secondary N) is 1. The first-order chi connectivity index (χ1) is 11.8. The van der Waals surface area contributed by atoms with E-state index in [1.165, 1.54) is 16.9 Å². The van der Waals surface area contributed by atoms with Crippen molar-refractivity contribution in [2.24, 2.45) is 0 Å². The Balaban J connectivity index is 1.34. The van der Waals surface area contributed by atoms with Gasteiger partial charge >= 0.3 is 0 Å². The summed E-state index contributed by atoms with van der Waals surface area (Å²) >= 11 is 2.94. The van der Waals surface area contributed by atoms with E-state index in [1.54, 1.807) is 17.8 Å². The van der Waals surface area contributed by atoms with Crippen molar-refractivity contribution in [2.75, 3.05) is 5.32 Å². The highest BCUT2D eigenvalue weighted by Crippen LogP contribution is 2.40. The molecule has 0 saturated heterocycles. The van der Waals surface area contributed by atoms with Crippen LogP contribution in [0.1, 0.15) is 40.6 Å². The van der Waals surface area contributed by atoms with E-state index in [0.717, 1.165) is 28.7 Å². The first kappa shape index (κ1) is 15.3. The van der Waals surface area contributed by atoms with E-state index in [2.05, 4.69) is 32.8 Å². The number of aromatic nitrogens is 3. The second kappa shape index (κ2) is 6.74. The van der Waals surface area contributed by atoms with Crippen molar-refractivity contribution in [1.29, 1.82) is 0 Å². The van der Waals surface area contributed by atoms with Gasteiger partial charge in [0.15, 0.2) is 10.0 Å². The van der Waals surface area contributed by atoms with Crippen LogP contribution in [0, 0.1) is 0 Å². The average Bonchev–Trinajstić information content (AvgIpc) is 3.17. The van der Waals surface area contributed by atoms with Crippen molar-refractivity contribution < 1.29 is 9.32 Å². The minimum atomic E-state index is -0.318. The highest BCUT2D eigenvalue weighted by Gasteiger charge is 2.29. The first-order valence-corrected chi connectivity index (χ1v) is 9.36. The van der Waals surface area contributed by atoms with Gasteiger partial charge < -0.3 is 4.52 Å². The van der Waals surface area contributed by atoms with E-state index in [4.69, 9.17) is 4.52 Å². The second-order valence-electron chi connectivity index (χ2n) is 5.49. The summed E-state index contributed by atoms with van der Waals surface area (Å²) in [5.41, 5.74) is 1.50. The van der Waals surface area contributed by atoms with Crippen LogP contribution < -0.4 is 5.32 Å². The number of anilines is 1. The molecule has 122 valence electrons. The van der Waals surface area contributed by atoms with Gasteiger partial charge in [-0.15, -0.1) is 10.2 Å². The van der Waals surface area contributed by atoms with E-state index < -0.39 is 0 Å². The molecule has 1 aromatic carbocycles. The van der Waals surface area contributed by atoms with Crippen LogP contribution in [0.5, 0.6) is 0 Å². The molecule has 1 aliphatic rings. The molecule has 1 fully saturated rings. The number of amides is 1. The third-order valence-corrected chi connectivity index (χ3v) is 5.62. The number of benzene rings is 1. The summed E-state index contributed by atoms with van der Waals surface area (Å²) in [5, 5.41) is 15.1. The number of nitrogens with zero attached hydrogens (tertiary/aromatic N) is 3. The molecule has 1 aliphatic carbocycles. The molecule has 2 heterocycles. The number of carbonyl (C=O) groups excluding carboxylic acids is 1. The highest BCUT2D eigenvalue weighted by atomic mass is 32.2. The minimum absolute atomic E-state index is 0.283. The van der Waals surface area contributed by atoms with Crippen LogP contribution in [0.3, 0.4) is 0 Å². The van der Waals surface area contributed by atoms with Crippen molar-refractivity contribution in [1.82, 2.24) is 15.4 Å². The number of hydrogen-bond acceptors (Lipinski definition) is 7. The molecule has 0 unspecified atom stereocenters. The molecular weight excluding hydrogens is 344 g/mol. The van der Waals surface area contributed by atoms with Crippen molar-refractivity contribution >= 4 is 34.1 Å². The molecule has 0 spiro atoms. The van der Waals surface area contributed by atoms with Crippen LogP contribution in [-0.4, -0.2) is 21.3 Å². The van der Waals surface area contributed by atoms with Crippen LogP contribution in [0.4, 0.5) is 5.13 Å². The van der Waals surface area contributed by atoms with E-state index in [0.29, 0.717) is 11.0 Å². The number of hydrogen-bond donors (Lipinski definition) is 1. The molecule has 2 aromatic heterocycles. The second-order valence-corrected chi connectivity index (χ2v) is 7.69. The molecule has 0 atom stereocenters. The molecule has 0 aliphatic heterocycles. The van der Waals surface area contributed by atoms with Crippen LogP contribution in [0.2, 0.25) is 0 Å². The van der Waals surface area contributed by atoms with Crippen molar-refractivity contribution in [2.45, 2.75) is 28.9 Å². The van der Waals surface area contributed by atoms with Crippen LogP contribution in [0.25, 0.3) is 0 Å². The zero-order valence-electron chi connectivity index (χ0n) is 12.6. The topological polar surface area (TPSA) is 80.9 Å². The Morgan fingerprint density at radius 2 is 2.12 bits per heavy atom. The zero-order valence-corrected chi connectivity index (χ0v) is 14.3. The molecule has 3 aromatic rings. The van der Waals surface area contributed by atoms with Gasteiger partial charge in [-0.05, 0) is 18.4 Å². The first-order valence-electron chi connectivity index (χ1n) is 7.56. The van der Waals surface area contributed by atoms with Gasteiger partial charge in [-0.1, -0.05) is 58.6 Å². The molecule has 8 heteroatoms. The Kier molecular flexibility index (Phi) is 4.31. The van der Waals surface area contributed by atoms with Gasteiger partial charge in [0.2, 0.25) is 5.13 Å². The summed E-state index contributed by atoms with van der Waals surface area (Å²) in [4.78, 5) is 12.2. The molecule has 4 rings (SSSR count). The predicted octanol–water partition coefficient (Wildman–Crippen LogP) is 3.95. The quantitative estimate of drug-likeness (QED) is 0.531.